The van der Waals surface area contributed by atoms with Gasteiger partial charge < -0.3 is 4.90 Å². The minimum atomic E-state index is 1.11. The molecule has 10 rings (SSSR count). The number of fused-ring (bicyclic) bond motifs is 5. The number of thiophene rings is 1. The van der Waals surface area contributed by atoms with Crippen LogP contribution in [0.15, 0.2) is 200 Å². The van der Waals surface area contributed by atoms with Crippen LogP contribution in [-0.2, 0) is 0 Å². The van der Waals surface area contributed by atoms with Gasteiger partial charge in [-0.15, -0.1) is 11.3 Å². The summed E-state index contributed by atoms with van der Waals surface area (Å²) in [6.45, 7) is 0. The number of para-hydroxylation sites is 1. The lowest BCUT2D eigenvalue weighted by atomic mass is 9.95. The van der Waals surface area contributed by atoms with Crippen LogP contribution in [0.5, 0.6) is 0 Å². The van der Waals surface area contributed by atoms with E-state index >= 15 is 0 Å². The molecule has 0 atom stereocenters. The van der Waals surface area contributed by atoms with Gasteiger partial charge in [-0.05, 0) is 92.3 Å². The molecular formula is C50H33NS. The van der Waals surface area contributed by atoms with Crippen LogP contribution in [0.4, 0.5) is 17.1 Å². The van der Waals surface area contributed by atoms with E-state index < -0.39 is 0 Å². The zero-order valence-electron chi connectivity index (χ0n) is 28.4. The first-order chi connectivity index (χ1) is 25.8. The van der Waals surface area contributed by atoms with E-state index in [-0.39, 0.29) is 0 Å². The molecule has 0 aliphatic heterocycles. The Balaban J connectivity index is 1.14. The number of hydrogen-bond acceptors (Lipinski definition) is 2. The number of hydrogen-bond donors (Lipinski definition) is 0. The van der Waals surface area contributed by atoms with E-state index in [1.807, 2.05) is 11.3 Å². The van der Waals surface area contributed by atoms with Crippen LogP contribution in [0.2, 0.25) is 0 Å². The Bertz CT molecular complexity index is 2890. The number of nitrogens with zero attached hydrogens (tertiary/aromatic N) is 1. The quantitative estimate of drug-likeness (QED) is 0.169. The first kappa shape index (κ1) is 30.4. The third-order valence-electron chi connectivity index (χ3n) is 10.2. The normalized spacial score (nSPS) is 11.5. The highest BCUT2D eigenvalue weighted by Crippen LogP contribution is 2.46. The molecule has 0 bridgehead atoms. The van der Waals surface area contributed by atoms with E-state index in [9.17, 15) is 0 Å². The van der Waals surface area contributed by atoms with E-state index in [2.05, 4.69) is 205 Å². The summed E-state index contributed by atoms with van der Waals surface area (Å²) in [5.41, 5.74) is 10.7. The Morgan fingerprint density at radius 1 is 0.346 bits per heavy atom. The van der Waals surface area contributed by atoms with Gasteiger partial charge in [0.15, 0.2) is 0 Å². The minimum absolute atomic E-state index is 1.11. The van der Waals surface area contributed by atoms with Crippen molar-refractivity contribution < 1.29 is 0 Å². The van der Waals surface area contributed by atoms with Crippen LogP contribution in [0, 0.1) is 0 Å². The van der Waals surface area contributed by atoms with Crippen molar-refractivity contribution in [2.24, 2.45) is 0 Å². The Morgan fingerprint density at radius 2 is 0.923 bits per heavy atom. The number of anilines is 3. The van der Waals surface area contributed by atoms with Crippen LogP contribution in [0.1, 0.15) is 0 Å². The van der Waals surface area contributed by atoms with E-state index in [0.717, 1.165) is 17.1 Å². The molecule has 0 fully saturated rings. The second-order valence-electron chi connectivity index (χ2n) is 13.3. The summed E-state index contributed by atoms with van der Waals surface area (Å²) in [5, 5.41) is 7.67. The van der Waals surface area contributed by atoms with E-state index in [1.54, 1.807) is 0 Å². The van der Waals surface area contributed by atoms with Crippen molar-refractivity contribution in [3.05, 3.63) is 200 Å². The summed E-state index contributed by atoms with van der Waals surface area (Å²) >= 11 is 1.89. The summed E-state index contributed by atoms with van der Waals surface area (Å²) in [6, 6.07) is 72.9. The summed E-state index contributed by atoms with van der Waals surface area (Å²) in [5.74, 6) is 0. The van der Waals surface area contributed by atoms with Crippen molar-refractivity contribution in [1.82, 2.24) is 0 Å². The van der Waals surface area contributed by atoms with Crippen molar-refractivity contribution in [3.63, 3.8) is 0 Å². The van der Waals surface area contributed by atoms with Crippen molar-refractivity contribution in [3.8, 4) is 33.4 Å². The maximum atomic E-state index is 2.40. The van der Waals surface area contributed by atoms with Crippen LogP contribution >= 0.6 is 11.3 Å². The Kier molecular flexibility index (Phi) is 7.41. The van der Waals surface area contributed by atoms with Gasteiger partial charge in [0.05, 0.1) is 5.69 Å². The van der Waals surface area contributed by atoms with Crippen LogP contribution < -0.4 is 4.90 Å². The van der Waals surface area contributed by atoms with Gasteiger partial charge in [0.2, 0.25) is 0 Å². The molecule has 0 amide bonds. The average Bonchev–Trinajstić information content (AvgIpc) is 3.59. The second-order valence-corrected chi connectivity index (χ2v) is 14.4. The third kappa shape index (κ3) is 5.24. The highest BCUT2D eigenvalue weighted by atomic mass is 32.1. The first-order valence-corrected chi connectivity index (χ1v) is 18.6. The van der Waals surface area contributed by atoms with Gasteiger partial charge in [-0.2, -0.15) is 0 Å². The molecule has 10 aromatic rings. The van der Waals surface area contributed by atoms with Crippen LogP contribution in [-0.4, -0.2) is 0 Å². The van der Waals surface area contributed by atoms with E-state index in [4.69, 9.17) is 0 Å². The second kappa shape index (κ2) is 12.7. The molecule has 9 aromatic carbocycles. The van der Waals surface area contributed by atoms with Gasteiger partial charge in [0.25, 0.3) is 0 Å². The molecular weight excluding hydrogens is 647 g/mol. The van der Waals surface area contributed by atoms with Gasteiger partial charge in [0, 0.05) is 42.7 Å². The highest BCUT2D eigenvalue weighted by Gasteiger charge is 2.19. The largest absolute Gasteiger partial charge is 0.310 e. The fourth-order valence-electron chi connectivity index (χ4n) is 7.72. The van der Waals surface area contributed by atoms with E-state index in [0.29, 0.717) is 0 Å². The molecule has 244 valence electrons. The van der Waals surface area contributed by atoms with Crippen molar-refractivity contribution in [1.29, 1.82) is 0 Å². The smallest absolute Gasteiger partial charge is 0.0540 e. The molecule has 0 aliphatic carbocycles. The monoisotopic (exact) mass is 679 g/mol. The van der Waals surface area contributed by atoms with Crippen molar-refractivity contribution in [2.75, 3.05) is 4.90 Å². The van der Waals surface area contributed by atoms with Gasteiger partial charge in [-0.3, -0.25) is 0 Å². The molecule has 0 radical (unpaired) electrons. The van der Waals surface area contributed by atoms with Crippen LogP contribution in [0.3, 0.4) is 0 Å². The summed E-state index contributed by atoms with van der Waals surface area (Å²) in [4.78, 5) is 2.40. The van der Waals surface area contributed by atoms with Crippen molar-refractivity contribution in [2.45, 2.75) is 0 Å². The summed E-state index contributed by atoms with van der Waals surface area (Å²) in [7, 11) is 0. The fraction of sp³-hybridized carbons (Fsp3) is 0. The Hall–Kier alpha value is -6.48. The van der Waals surface area contributed by atoms with Gasteiger partial charge in [-0.25, -0.2) is 0 Å². The molecule has 0 N–H and O–H groups in total. The van der Waals surface area contributed by atoms with Gasteiger partial charge in [-0.1, -0.05) is 152 Å². The molecule has 0 unspecified atom stereocenters. The maximum absolute atomic E-state index is 2.40. The molecule has 0 spiro atoms. The summed E-state index contributed by atoms with van der Waals surface area (Å²) in [6.07, 6.45) is 0. The van der Waals surface area contributed by atoms with Gasteiger partial charge >= 0.3 is 0 Å². The molecule has 1 heterocycles. The van der Waals surface area contributed by atoms with Crippen molar-refractivity contribution >= 4 is 70.1 Å². The van der Waals surface area contributed by atoms with Crippen LogP contribution in [0.25, 0.3) is 75.1 Å². The fourth-order valence-corrected chi connectivity index (χ4v) is 8.98. The Morgan fingerprint density at radius 3 is 1.71 bits per heavy atom. The third-order valence-corrected chi connectivity index (χ3v) is 11.4. The molecule has 2 heteroatoms. The lowest BCUT2D eigenvalue weighted by Gasteiger charge is -2.28. The molecule has 0 aliphatic rings. The average molecular weight is 680 g/mol. The topological polar surface area (TPSA) is 3.24 Å². The zero-order valence-corrected chi connectivity index (χ0v) is 29.2. The zero-order chi connectivity index (χ0) is 34.4. The summed E-state index contributed by atoms with van der Waals surface area (Å²) < 4.78 is 2.66. The lowest BCUT2D eigenvalue weighted by Crippen LogP contribution is -2.11. The van der Waals surface area contributed by atoms with E-state index in [1.165, 1.54) is 75.1 Å². The molecule has 0 saturated heterocycles. The lowest BCUT2D eigenvalue weighted by molar-refractivity contribution is 1.28. The first-order valence-electron chi connectivity index (χ1n) is 17.8. The van der Waals surface area contributed by atoms with Gasteiger partial charge in [0.1, 0.15) is 0 Å². The molecule has 1 nitrogen and oxygen atoms in total. The Labute approximate surface area is 307 Å². The highest BCUT2D eigenvalue weighted by molar-refractivity contribution is 7.26. The predicted molar refractivity (Wildman–Crippen MR) is 225 cm³/mol. The molecule has 52 heavy (non-hydrogen) atoms. The SMILES string of the molecule is c1ccc(-c2ccc(N(c3ccc(-c4c5ccccc5cc5c4sc4ccccc45)cc3)c3ccccc3-c3ccc4ccccc4c3)cc2)cc1. The standard InChI is InChI=1S/C50H33NS/c1-2-12-34(13-3-1)36-24-28-41(29-25-36)51(47-20-10-8-17-43(47)40-23-22-35-14-4-5-15-38(35)32-40)42-30-26-37(27-31-42)49-44-18-7-6-16-39(44)33-46-45-19-9-11-21-48(45)52-50(46)49/h1-33H. The maximum Gasteiger partial charge on any atom is 0.0540 e. The number of rotatable bonds is 6. The minimum Gasteiger partial charge on any atom is -0.310 e. The molecule has 1 aromatic heterocycles. The predicted octanol–water partition coefficient (Wildman–Crippen LogP) is 14.8. The number of benzene rings is 9. The molecule has 0 saturated carbocycles.